The van der Waals surface area contributed by atoms with Crippen LogP contribution in [0.15, 0.2) is 12.3 Å². The molecular weight excluding hydrogens is 218 g/mol. The summed E-state index contributed by atoms with van der Waals surface area (Å²) in [6, 6.07) is 1.69. The van der Waals surface area contributed by atoms with Crippen LogP contribution in [0.25, 0.3) is 0 Å². The highest BCUT2D eigenvalue weighted by Crippen LogP contribution is 2.23. The van der Waals surface area contributed by atoms with Crippen molar-refractivity contribution in [3.05, 3.63) is 18.0 Å². The van der Waals surface area contributed by atoms with Crippen molar-refractivity contribution in [2.45, 2.75) is 25.4 Å². The van der Waals surface area contributed by atoms with Gasteiger partial charge in [-0.25, -0.2) is 0 Å². The summed E-state index contributed by atoms with van der Waals surface area (Å²) in [5.74, 6) is -0.0142. The average molecular weight is 237 g/mol. The molecule has 2 heterocycles. The van der Waals surface area contributed by atoms with Crippen LogP contribution in [0, 0.1) is 0 Å². The lowest BCUT2D eigenvalue weighted by Gasteiger charge is -2.35. The van der Waals surface area contributed by atoms with Crippen LogP contribution in [-0.4, -0.2) is 39.2 Å². The van der Waals surface area contributed by atoms with Gasteiger partial charge in [0.15, 0.2) is 0 Å². The number of aliphatic hydroxyl groups is 1. The Hall–Kier alpha value is -1.49. The number of nitrogen functional groups attached to an aromatic ring is 1. The maximum absolute atomic E-state index is 12.2. The first-order valence-corrected chi connectivity index (χ1v) is 5.82. The molecule has 0 aliphatic carbocycles. The largest absolute Gasteiger partial charge is 0.397 e. The Bertz CT molecular complexity index is 427. The molecule has 0 saturated carbocycles. The Kier molecular flexibility index (Phi) is 2.87. The van der Waals surface area contributed by atoms with Gasteiger partial charge in [0.1, 0.15) is 5.69 Å². The van der Waals surface area contributed by atoms with Gasteiger partial charge in [-0.2, -0.15) is 0 Å². The lowest BCUT2D eigenvalue weighted by Crippen LogP contribution is -2.45. The van der Waals surface area contributed by atoms with Crippen molar-refractivity contribution in [2.24, 2.45) is 7.05 Å². The maximum Gasteiger partial charge on any atom is 0.270 e. The van der Waals surface area contributed by atoms with Crippen LogP contribution < -0.4 is 5.73 Å². The van der Waals surface area contributed by atoms with Gasteiger partial charge in [-0.05, 0) is 25.8 Å². The van der Waals surface area contributed by atoms with E-state index < -0.39 is 5.60 Å². The summed E-state index contributed by atoms with van der Waals surface area (Å²) >= 11 is 0. The van der Waals surface area contributed by atoms with Crippen LogP contribution in [0.3, 0.4) is 0 Å². The van der Waals surface area contributed by atoms with Crippen LogP contribution in [-0.2, 0) is 7.05 Å². The van der Waals surface area contributed by atoms with E-state index in [1.54, 1.807) is 21.7 Å². The predicted octanol–water partition coefficient (Wildman–Crippen LogP) is 0.594. The van der Waals surface area contributed by atoms with E-state index in [9.17, 15) is 9.90 Å². The quantitative estimate of drug-likeness (QED) is 0.751. The molecular formula is C12H19N3O2. The number of rotatable bonds is 1. The van der Waals surface area contributed by atoms with Gasteiger partial charge < -0.3 is 20.3 Å². The first-order valence-electron chi connectivity index (χ1n) is 5.82. The SMILES string of the molecule is Cn1cc(N)cc1C(=O)N1CCC(C)(O)CC1. The van der Waals surface area contributed by atoms with Crippen molar-refractivity contribution < 1.29 is 9.90 Å². The molecule has 0 bridgehead atoms. The molecule has 1 aliphatic rings. The van der Waals surface area contributed by atoms with Gasteiger partial charge in [-0.15, -0.1) is 0 Å². The van der Waals surface area contributed by atoms with Gasteiger partial charge in [0, 0.05) is 26.3 Å². The van der Waals surface area contributed by atoms with E-state index in [0.717, 1.165) is 0 Å². The van der Waals surface area contributed by atoms with E-state index in [1.165, 1.54) is 0 Å². The van der Waals surface area contributed by atoms with Gasteiger partial charge in [0.05, 0.1) is 11.3 Å². The number of carbonyl (C=O) groups excluding carboxylic acids is 1. The molecule has 17 heavy (non-hydrogen) atoms. The molecule has 1 amide bonds. The number of hydrogen-bond donors (Lipinski definition) is 2. The van der Waals surface area contributed by atoms with Gasteiger partial charge in [0.25, 0.3) is 5.91 Å². The van der Waals surface area contributed by atoms with Crippen LogP contribution in [0.2, 0.25) is 0 Å². The Balaban J connectivity index is 2.09. The zero-order valence-electron chi connectivity index (χ0n) is 10.3. The molecule has 2 rings (SSSR count). The molecule has 5 heteroatoms. The normalized spacial score (nSPS) is 19.4. The van der Waals surface area contributed by atoms with E-state index in [0.29, 0.717) is 37.3 Å². The third-order valence-electron chi connectivity index (χ3n) is 3.37. The Morgan fingerprint density at radius 2 is 2.06 bits per heavy atom. The van der Waals surface area contributed by atoms with Crippen LogP contribution in [0.5, 0.6) is 0 Å². The van der Waals surface area contributed by atoms with E-state index in [4.69, 9.17) is 5.73 Å². The molecule has 1 aromatic heterocycles. The molecule has 0 radical (unpaired) electrons. The summed E-state index contributed by atoms with van der Waals surface area (Å²) in [6.07, 6.45) is 2.98. The highest BCUT2D eigenvalue weighted by atomic mass is 16.3. The standard InChI is InChI=1S/C12H19N3O2/c1-12(17)3-5-15(6-4-12)11(16)10-7-9(13)8-14(10)2/h7-8,17H,3-6,13H2,1-2H3. The monoisotopic (exact) mass is 237 g/mol. The molecule has 1 fully saturated rings. The second kappa shape index (κ2) is 4.07. The molecule has 0 aromatic carbocycles. The first-order chi connectivity index (χ1) is 7.89. The van der Waals surface area contributed by atoms with Crippen molar-refractivity contribution in [3.63, 3.8) is 0 Å². The summed E-state index contributed by atoms with van der Waals surface area (Å²) in [5.41, 5.74) is 6.22. The minimum Gasteiger partial charge on any atom is -0.397 e. The van der Waals surface area contributed by atoms with Crippen LogP contribution in [0.4, 0.5) is 5.69 Å². The smallest absolute Gasteiger partial charge is 0.270 e. The van der Waals surface area contributed by atoms with E-state index in [2.05, 4.69) is 0 Å². The lowest BCUT2D eigenvalue weighted by atomic mass is 9.94. The summed E-state index contributed by atoms with van der Waals surface area (Å²) in [6.45, 7) is 3.00. The number of nitrogens with two attached hydrogens (primary N) is 1. The minimum absolute atomic E-state index is 0.0142. The highest BCUT2D eigenvalue weighted by Gasteiger charge is 2.30. The summed E-state index contributed by atoms with van der Waals surface area (Å²) < 4.78 is 1.74. The molecule has 3 N–H and O–H groups in total. The average Bonchev–Trinajstić information content (AvgIpc) is 2.57. The van der Waals surface area contributed by atoms with Crippen LogP contribution in [0.1, 0.15) is 30.3 Å². The zero-order valence-corrected chi connectivity index (χ0v) is 10.3. The van der Waals surface area contributed by atoms with Crippen molar-refractivity contribution in [2.75, 3.05) is 18.8 Å². The maximum atomic E-state index is 12.2. The topological polar surface area (TPSA) is 71.5 Å². The van der Waals surface area contributed by atoms with Gasteiger partial charge in [-0.3, -0.25) is 4.79 Å². The fraction of sp³-hybridized carbons (Fsp3) is 0.583. The van der Waals surface area contributed by atoms with E-state index in [-0.39, 0.29) is 5.91 Å². The van der Waals surface area contributed by atoms with E-state index in [1.807, 2.05) is 14.0 Å². The van der Waals surface area contributed by atoms with Gasteiger partial charge in [-0.1, -0.05) is 0 Å². The van der Waals surface area contributed by atoms with Crippen molar-refractivity contribution >= 4 is 11.6 Å². The van der Waals surface area contributed by atoms with Crippen molar-refractivity contribution in [1.82, 2.24) is 9.47 Å². The molecule has 0 atom stereocenters. The second-order valence-corrected chi connectivity index (χ2v) is 5.06. The summed E-state index contributed by atoms with van der Waals surface area (Å²) in [7, 11) is 1.81. The number of amides is 1. The number of hydrogen-bond acceptors (Lipinski definition) is 3. The molecule has 0 unspecified atom stereocenters. The number of carbonyl (C=O) groups is 1. The summed E-state index contributed by atoms with van der Waals surface area (Å²) in [5, 5.41) is 9.84. The Labute approximate surface area is 101 Å². The van der Waals surface area contributed by atoms with Gasteiger partial charge >= 0.3 is 0 Å². The number of aromatic nitrogens is 1. The fourth-order valence-corrected chi connectivity index (χ4v) is 2.16. The second-order valence-electron chi connectivity index (χ2n) is 5.06. The van der Waals surface area contributed by atoms with E-state index >= 15 is 0 Å². The van der Waals surface area contributed by atoms with Crippen LogP contribution >= 0.6 is 0 Å². The zero-order chi connectivity index (χ0) is 12.6. The first kappa shape index (κ1) is 12.0. The third-order valence-corrected chi connectivity index (χ3v) is 3.37. The molecule has 5 nitrogen and oxygen atoms in total. The van der Waals surface area contributed by atoms with Gasteiger partial charge in [0.2, 0.25) is 0 Å². The van der Waals surface area contributed by atoms with Crippen molar-refractivity contribution in [1.29, 1.82) is 0 Å². The Morgan fingerprint density at radius 1 is 1.47 bits per heavy atom. The number of piperidine rings is 1. The fourth-order valence-electron chi connectivity index (χ4n) is 2.16. The minimum atomic E-state index is -0.635. The summed E-state index contributed by atoms with van der Waals surface area (Å²) in [4.78, 5) is 14.0. The predicted molar refractivity (Wildman–Crippen MR) is 65.6 cm³/mol. The number of likely N-dealkylation sites (tertiary alicyclic amines) is 1. The molecule has 1 aliphatic heterocycles. The van der Waals surface area contributed by atoms with Crippen molar-refractivity contribution in [3.8, 4) is 0 Å². The molecule has 94 valence electrons. The molecule has 1 aromatic rings. The number of anilines is 1. The molecule has 1 saturated heterocycles. The number of aryl methyl sites for hydroxylation is 1. The third kappa shape index (κ3) is 2.44. The lowest BCUT2D eigenvalue weighted by molar-refractivity contribution is -0.00228. The Morgan fingerprint density at radius 3 is 2.53 bits per heavy atom. The highest BCUT2D eigenvalue weighted by molar-refractivity contribution is 5.93. The molecule has 0 spiro atoms. The number of nitrogens with zero attached hydrogens (tertiary/aromatic N) is 2.